The average Bonchev–Trinajstić information content (AvgIpc) is 2.69. The topological polar surface area (TPSA) is 80.5 Å². The largest absolute Gasteiger partial charge is 0.497 e. The molecule has 1 aliphatic rings. The van der Waals surface area contributed by atoms with Gasteiger partial charge in [-0.15, -0.1) is 0 Å². The number of ether oxygens (including phenoxy) is 1. The highest BCUT2D eigenvalue weighted by molar-refractivity contribution is 6.04. The number of aliphatic imine (C=N–C) groups is 1. The van der Waals surface area contributed by atoms with Crippen LogP contribution in [-0.2, 0) is 0 Å². The summed E-state index contributed by atoms with van der Waals surface area (Å²) in [6.07, 6.45) is -0.560. The Kier molecular flexibility index (Phi) is 4.80. The second-order valence-electron chi connectivity index (χ2n) is 7.13. The van der Waals surface area contributed by atoms with Crippen LogP contribution in [0.1, 0.15) is 28.6 Å². The molecular formula is C22H23N5O2. The fraction of sp³-hybridized carbons (Fsp3) is 0.227. The van der Waals surface area contributed by atoms with E-state index in [1.165, 1.54) is 11.6 Å². The lowest BCUT2D eigenvalue weighted by molar-refractivity contribution is 0.413. The highest BCUT2D eigenvalue weighted by Gasteiger charge is 2.25. The van der Waals surface area contributed by atoms with Crippen LogP contribution in [-0.4, -0.2) is 22.6 Å². The summed E-state index contributed by atoms with van der Waals surface area (Å²) in [7, 11) is 1.61. The SMILES string of the molecule is COc1cccc(C2N=C(Nc3ccc(C)cc3C)Nc3nc(C)cc(=O)n32)c1. The summed E-state index contributed by atoms with van der Waals surface area (Å²) in [5.74, 6) is 1.68. The minimum Gasteiger partial charge on any atom is -0.497 e. The fourth-order valence-corrected chi connectivity index (χ4v) is 3.42. The Bertz CT molecular complexity index is 1170. The third kappa shape index (κ3) is 3.71. The van der Waals surface area contributed by atoms with Gasteiger partial charge in [-0.05, 0) is 44.5 Å². The first-order chi connectivity index (χ1) is 13.9. The summed E-state index contributed by atoms with van der Waals surface area (Å²) in [5.41, 5.74) is 4.55. The molecule has 0 spiro atoms. The van der Waals surface area contributed by atoms with Gasteiger partial charge in [-0.1, -0.05) is 29.8 Å². The van der Waals surface area contributed by atoms with E-state index in [0.29, 0.717) is 23.4 Å². The molecule has 7 heteroatoms. The lowest BCUT2D eigenvalue weighted by Crippen LogP contribution is -2.37. The van der Waals surface area contributed by atoms with E-state index in [9.17, 15) is 4.79 Å². The molecule has 1 unspecified atom stereocenters. The molecular weight excluding hydrogens is 366 g/mol. The Labute approximate surface area is 169 Å². The first-order valence-electron chi connectivity index (χ1n) is 9.38. The predicted octanol–water partition coefficient (Wildman–Crippen LogP) is 3.62. The summed E-state index contributed by atoms with van der Waals surface area (Å²) in [4.78, 5) is 22.0. The normalized spacial score (nSPS) is 15.2. The summed E-state index contributed by atoms with van der Waals surface area (Å²) in [6.45, 7) is 5.90. The molecule has 29 heavy (non-hydrogen) atoms. The standard InChI is InChI=1S/C22H23N5O2/c1-13-8-9-18(14(2)10-13)24-21-25-20(16-6-5-7-17(12-16)29-4)27-19(28)11-15(3)23-22(27)26-21/h5-12,20H,1-4H3,(H2,23,24,25,26). The molecule has 0 saturated carbocycles. The predicted molar refractivity (Wildman–Crippen MR) is 115 cm³/mol. The molecule has 4 rings (SSSR count). The van der Waals surface area contributed by atoms with Crippen molar-refractivity contribution >= 4 is 17.6 Å². The molecule has 2 N–H and O–H groups in total. The van der Waals surface area contributed by atoms with Crippen LogP contribution in [0.15, 0.2) is 58.3 Å². The molecule has 1 aliphatic heterocycles. The van der Waals surface area contributed by atoms with Crippen LogP contribution >= 0.6 is 0 Å². The van der Waals surface area contributed by atoms with Crippen molar-refractivity contribution in [2.24, 2.45) is 4.99 Å². The number of aromatic nitrogens is 2. The molecule has 3 aromatic rings. The molecule has 2 heterocycles. The molecule has 0 amide bonds. The third-order valence-corrected chi connectivity index (χ3v) is 4.83. The number of fused-ring (bicyclic) bond motifs is 1. The van der Waals surface area contributed by atoms with Crippen LogP contribution < -0.4 is 20.9 Å². The van der Waals surface area contributed by atoms with Gasteiger partial charge in [0.1, 0.15) is 5.75 Å². The van der Waals surface area contributed by atoms with Gasteiger partial charge in [-0.3, -0.25) is 14.7 Å². The molecule has 0 bridgehead atoms. The van der Waals surface area contributed by atoms with Crippen LogP contribution in [0.4, 0.5) is 11.6 Å². The van der Waals surface area contributed by atoms with E-state index in [-0.39, 0.29) is 5.56 Å². The minimum atomic E-state index is -0.560. The molecule has 1 aromatic heterocycles. The number of anilines is 2. The monoisotopic (exact) mass is 389 g/mol. The highest BCUT2D eigenvalue weighted by atomic mass is 16.5. The number of hydrogen-bond acceptors (Lipinski definition) is 6. The van der Waals surface area contributed by atoms with E-state index < -0.39 is 6.17 Å². The van der Waals surface area contributed by atoms with E-state index >= 15 is 0 Å². The number of methoxy groups -OCH3 is 1. The van der Waals surface area contributed by atoms with E-state index in [0.717, 1.165) is 16.8 Å². The molecule has 2 aromatic carbocycles. The van der Waals surface area contributed by atoms with Gasteiger partial charge in [0.2, 0.25) is 11.9 Å². The summed E-state index contributed by atoms with van der Waals surface area (Å²) < 4.78 is 6.90. The fourth-order valence-electron chi connectivity index (χ4n) is 3.42. The molecule has 7 nitrogen and oxygen atoms in total. The minimum absolute atomic E-state index is 0.165. The van der Waals surface area contributed by atoms with Crippen molar-refractivity contribution in [2.45, 2.75) is 26.9 Å². The Morgan fingerprint density at radius 2 is 1.93 bits per heavy atom. The molecule has 0 fully saturated rings. The first-order valence-corrected chi connectivity index (χ1v) is 9.38. The number of rotatable bonds is 3. The van der Waals surface area contributed by atoms with Crippen LogP contribution in [0, 0.1) is 20.8 Å². The highest BCUT2D eigenvalue weighted by Crippen LogP contribution is 2.28. The van der Waals surface area contributed by atoms with Crippen LogP contribution in [0.3, 0.4) is 0 Å². The van der Waals surface area contributed by atoms with Gasteiger partial charge in [0.25, 0.3) is 5.56 Å². The van der Waals surface area contributed by atoms with E-state index in [1.54, 1.807) is 18.6 Å². The Morgan fingerprint density at radius 1 is 1.10 bits per heavy atom. The maximum atomic E-state index is 12.7. The van der Waals surface area contributed by atoms with E-state index in [4.69, 9.17) is 9.73 Å². The van der Waals surface area contributed by atoms with Crippen LogP contribution in [0.5, 0.6) is 5.75 Å². The second-order valence-corrected chi connectivity index (χ2v) is 7.13. The van der Waals surface area contributed by atoms with Crippen molar-refractivity contribution in [3.63, 3.8) is 0 Å². The van der Waals surface area contributed by atoms with Crippen molar-refractivity contribution in [1.82, 2.24) is 9.55 Å². The average molecular weight is 389 g/mol. The van der Waals surface area contributed by atoms with Crippen molar-refractivity contribution in [3.8, 4) is 5.75 Å². The Morgan fingerprint density at radius 3 is 2.69 bits per heavy atom. The zero-order chi connectivity index (χ0) is 20.5. The molecule has 0 saturated heterocycles. The van der Waals surface area contributed by atoms with Crippen LogP contribution in [0.2, 0.25) is 0 Å². The quantitative estimate of drug-likeness (QED) is 0.715. The van der Waals surface area contributed by atoms with Crippen molar-refractivity contribution in [3.05, 3.63) is 81.3 Å². The Hall–Kier alpha value is -3.61. The molecule has 148 valence electrons. The second kappa shape index (κ2) is 7.43. The van der Waals surface area contributed by atoms with Crippen molar-refractivity contribution in [1.29, 1.82) is 0 Å². The number of nitrogens with zero attached hydrogens (tertiary/aromatic N) is 3. The summed E-state index contributed by atoms with van der Waals surface area (Å²) in [5, 5.41) is 6.49. The van der Waals surface area contributed by atoms with Gasteiger partial charge >= 0.3 is 0 Å². The van der Waals surface area contributed by atoms with Gasteiger partial charge in [-0.2, -0.15) is 0 Å². The number of nitrogens with one attached hydrogen (secondary N) is 2. The zero-order valence-electron chi connectivity index (χ0n) is 16.9. The van der Waals surface area contributed by atoms with E-state index in [2.05, 4.69) is 28.6 Å². The number of aryl methyl sites for hydroxylation is 3. The Balaban J connectivity index is 1.81. The van der Waals surface area contributed by atoms with Gasteiger partial charge in [0.05, 0.1) is 7.11 Å². The van der Waals surface area contributed by atoms with Gasteiger partial charge < -0.3 is 10.1 Å². The van der Waals surface area contributed by atoms with E-state index in [1.807, 2.05) is 43.3 Å². The van der Waals surface area contributed by atoms with Gasteiger partial charge in [-0.25, -0.2) is 9.98 Å². The zero-order valence-corrected chi connectivity index (χ0v) is 16.9. The van der Waals surface area contributed by atoms with Crippen LogP contribution in [0.25, 0.3) is 0 Å². The maximum Gasteiger partial charge on any atom is 0.257 e. The number of guanidine groups is 1. The third-order valence-electron chi connectivity index (χ3n) is 4.83. The lowest BCUT2D eigenvalue weighted by Gasteiger charge is -2.27. The van der Waals surface area contributed by atoms with Gasteiger partial charge in [0.15, 0.2) is 6.17 Å². The van der Waals surface area contributed by atoms with Crippen molar-refractivity contribution < 1.29 is 4.74 Å². The number of hydrogen-bond donors (Lipinski definition) is 2. The first kappa shape index (κ1) is 18.7. The number of benzene rings is 2. The van der Waals surface area contributed by atoms with Crippen molar-refractivity contribution in [2.75, 3.05) is 17.7 Å². The molecule has 0 radical (unpaired) electrons. The molecule has 0 aliphatic carbocycles. The summed E-state index contributed by atoms with van der Waals surface area (Å²) in [6, 6.07) is 15.2. The maximum absolute atomic E-state index is 12.7. The summed E-state index contributed by atoms with van der Waals surface area (Å²) >= 11 is 0. The van der Waals surface area contributed by atoms with Gasteiger partial charge in [0, 0.05) is 23.0 Å². The smallest absolute Gasteiger partial charge is 0.257 e. The lowest BCUT2D eigenvalue weighted by atomic mass is 10.1. The molecule has 1 atom stereocenters.